The third-order valence-corrected chi connectivity index (χ3v) is 2.73. The van der Waals surface area contributed by atoms with Crippen LogP contribution in [0.3, 0.4) is 0 Å². The van der Waals surface area contributed by atoms with Gasteiger partial charge in [0.2, 0.25) is 15.9 Å². The van der Waals surface area contributed by atoms with E-state index in [0.29, 0.717) is 12.0 Å². The zero-order valence-electron chi connectivity index (χ0n) is 10.2. The quantitative estimate of drug-likeness (QED) is 0.847. The highest BCUT2D eigenvalue weighted by atomic mass is 32.2. The average Bonchev–Trinajstić information content (AvgIpc) is 2.27. The molecule has 1 amide bonds. The Hall–Kier alpha value is -1.63. The molecule has 0 aliphatic heterocycles. The zero-order valence-corrected chi connectivity index (χ0v) is 11.0. The van der Waals surface area contributed by atoms with Gasteiger partial charge in [-0.15, -0.1) is 0 Å². The van der Waals surface area contributed by atoms with Gasteiger partial charge in [-0.2, -0.15) is 0 Å². The SMILES string of the molecule is CCC(=O)NCc1ccc(NS(C)(=O)=O)c(F)c1. The first-order valence-corrected chi connectivity index (χ1v) is 7.24. The van der Waals surface area contributed by atoms with Crippen LogP contribution in [0, 0.1) is 5.82 Å². The standard InChI is InChI=1S/C11H15FN2O3S/c1-3-11(15)13-7-8-4-5-10(9(12)6-8)14-18(2,16)17/h4-6,14H,3,7H2,1-2H3,(H,13,15). The van der Waals surface area contributed by atoms with E-state index in [2.05, 4.69) is 10.0 Å². The summed E-state index contributed by atoms with van der Waals surface area (Å²) in [6, 6.07) is 4.06. The molecule has 0 unspecified atom stereocenters. The van der Waals surface area contributed by atoms with Crippen LogP contribution < -0.4 is 10.0 Å². The number of anilines is 1. The number of rotatable bonds is 5. The molecule has 0 fully saturated rings. The van der Waals surface area contributed by atoms with E-state index in [-0.39, 0.29) is 18.1 Å². The van der Waals surface area contributed by atoms with Crippen LogP contribution in [-0.4, -0.2) is 20.6 Å². The zero-order chi connectivity index (χ0) is 13.8. The molecule has 18 heavy (non-hydrogen) atoms. The van der Waals surface area contributed by atoms with Gasteiger partial charge in [0.1, 0.15) is 5.82 Å². The molecule has 1 rings (SSSR count). The molecule has 1 aromatic rings. The molecule has 100 valence electrons. The molecule has 0 saturated carbocycles. The van der Waals surface area contributed by atoms with Crippen molar-refractivity contribution in [2.75, 3.05) is 11.0 Å². The molecule has 0 aliphatic rings. The molecule has 1 aromatic carbocycles. The van der Waals surface area contributed by atoms with Gasteiger partial charge in [-0.05, 0) is 17.7 Å². The van der Waals surface area contributed by atoms with Gasteiger partial charge in [0, 0.05) is 13.0 Å². The molecule has 0 heterocycles. The van der Waals surface area contributed by atoms with Crippen LogP contribution in [0.15, 0.2) is 18.2 Å². The molecule has 7 heteroatoms. The number of benzene rings is 1. The van der Waals surface area contributed by atoms with Crippen molar-refractivity contribution in [2.45, 2.75) is 19.9 Å². The third-order valence-electron chi connectivity index (χ3n) is 2.14. The molecule has 5 nitrogen and oxygen atoms in total. The topological polar surface area (TPSA) is 75.3 Å². The molecule has 2 N–H and O–H groups in total. The number of sulfonamides is 1. The number of halogens is 1. The Morgan fingerprint density at radius 3 is 2.56 bits per heavy atom. The molecule has 0 bridgehead atoms. The van der Waals surface area contributed by atoms with E-state index in [1.807, 2.05) is 0 Å². The maximum atomic E-state index is 13.5. The van der Waals surface area contributed by atoms with Crippen molar-refractivity contribution in [1.29, 1.82) is 0 Å². The fourth-order valence-electron chi connectivity index (χ4n) is 1.28. The second kappa shape index (κ2) is 5.81. The lowest BCUT2D eigenvalue weighted by Gasteiger charge is -2.08. The highest BCUT2D eigenvalue weighted by Crippen LogP contribution is 2.16. The Labute approximate surface area is 105 Å². The van der Waals surface area contributed by atoms with Crippen molar-refractivity contribution < 1.29 is 17.6 Å². The lowest BCUT2D eigenvalue weighted by atomic mass is 10.2. The van der Waals surface area contributed by atoms with Gasteiger partial charge in [-0.3, -0.25) is 9.52 Å². The van der Waals surface area contributed by atoms with Crippen LogP contribution in [0.2, 0.25) is 0 Å². The summed E-state index contributed by atoms with van der Waals surface area (Å²) in [6.07, 6.45) is 1.30. The van der Waals surface area contributed by atoms with Crippen molar-refractivity contribution in [1.82, 2.24) is 5.32 Å². The summed E-state index contributed by atoms with van der Waals surface area (Å²) < 4.78 is 37.5. The Kier molecular flexibility index (Phi) is 4.66. The van der Waals surface area contributed by atoms with E-state index in [4.69, 9.17) is 0 Å². The summed E-state index contributed by atoms with van der Waals surface area (Å²) in [4.78, 5) is 11.0. The van der Waals surface area contributed by atoms with Crippen LogP contribution in [0.5, 0.6) is 0 Å². The Bertz CT molecular complexity index is 543. The molecular weight excluding hydrogens is 259 g/mol. The maximum Gasteiger partial charge on any atom is 0.229 e. The lowest BCUT2D eigenvalue weighted by molar-refractivity contribution is -0.120. The molecule has 0 aliphatic carbocycles. The minimum absolute atomic E-state index is 0.108. The van der Waals surface area contributed by atoms with E-state index < -0.39 is 15.8 Å². The van der Waals surface area contributed by atoms with Crippen LogP contribution in [0.25, 0.3) is 0 Å². The number of carbonyl (C=O) groups is 1. The van der Waals surface area contributed by atoms with Gasteiger partial charge in [0.25, 0.3) is 0 Å². The van der Waals surface area contributed by atoms with Crippen molar-refractivity contribution in [3.05, 3.63) is 29.6 Å². The van der Waals surface area contributed by atoms with Crippen LogP contribution in [-0.2, 0) is 21.4 Å². The number of hydrogen-bond donors (Lipinski definition) is 2. The van der Waals surface area contributed by atoms with E-state index in [9.17, 15) is 17.6 Å². The average molecular weight is 274 g/mol. The van der Waals surface area contributed by atoms with Gasteiger partial charge in [-0.25, -0.2) is 12.8 Å². The summed E-state index contributed by atoms with van der Waals surface area (Å²) in [7, 11) is -3.50. The normalized spacial score (nSPS) is 11.1. The number of amides is 1. The van der Waals surface area contributed by atoms with Crippen LogP contribution in [0.1, 0.15) is 18.9 Å². The molecule has 0 saturated heterocycles. The fraction of sp³-hybridized carbons (Fsp3) is 0.364. The Balaban J connectivity index is 2.76. The van der Waals surface area contributed by atoms with Gasteiger partial charge in [-0.1, -0.05) is 13.0 Å². The van der Waals surface area contributed by atoms with E-state index in [1.54, 1.807) is 13.0 Å². The second-order valence-electron chi connectivity index (χ2n) is 3.82. The Morgan fingerprint density at radius 2 is 2.06 bits per heavy atom. The number of nitrogens with one attached hydrogen (secondary N) is 2. The monoisotopic (exact) mass is 274 g/mol. The highest BCUT2D eigenvalue weighted by Gasteiger charge is 2.08. The van der Waals surface area contributed by atoms with E-state index in [0.717, 1.165) is 6.26 Å². The molecule has 0 atom stereocenters. The van der Waals surface area contributed by atoms with E-state index in [1.165, 1.54) is 12.1 Å². The molecule has 0 aromatic heterocycles. The first kappa shape index (κ1) is 14.4. The van der Waals surface area contributed by atoms with Crippen LogP contribution in [0.4, 0.5) is 10.1 Å². The van der Waals surface area contributed by atoms with Gasteiger partial charge in [0.05, 0.1) is 11.9 Å². The third kappa shape index (κ3) is 4.70. The smallest absolute Gasteiger partial charge is 0.229 e. The molecular formula is C11H15FN2O3S. The summed E-state index contributed by atoms with van der Waals surface area (Å²) in [5.74, 6) is -0.808. The minimum atomic E-state index is -3.50. The summed E-state index contributed by atoms with van der Waals surface area (Å²) in [6.45, 7) is 1.93. The second-order valence-corrected chi connectivity index (χ2v) is 5.57. The first-order chi connectivity index (χ1) is 8.31. The Morgan fingerprint density at radius 1 is 1.39 bits per heavy atom. The largest absolute Gasteiger partial charge is 0.352 e. The van der Waals surface area contributed by atoms with Crippen molar-refractivity contribution in [3.8, 4) is 0 Å². The number of carbonyl (C=O) groups excluding carboxylic acids is 1. The van der Waals surface area contributed by atoms with Gasteiger partial charge >= 0.3 is 0 Å². The summed E-state index contributed by atoms with van der Waals surface area (Å²) >= 11 is 0. The van der Waals surface area contributed by atoms with Crippen LogP contribution >= 0.6 is 0 Å². The number of hydrogen-bond acceptors (Lipinski definition) is 3. The predicted molar refractivity (Wildman–Crippen MR) is 67.0 cm³/mol. The van der Waals surface area contributed by atoms with E-state index >= 15 is 0 Å². The molecule has 0 spiro atoms. The minimum Gasteiger partial charge on any atom is -0.352 e. The lowest BCUT2D eigenvalue weighted by Crippen LogP contribution is -2.21. The van der Waals surface area contributed by atoms with Crippen molar-refractivity contribution >= 4 is 21.6 Å². The summed E-state index contributed by atoms with van der Waals surface area (Å²) in [5.41, 5.74) is 0.455. The first-order valence-electron chi connectivity index (χ1n) is 5.34. The van der Waals surface area contributed by atoms with Crippen molar-refractivity contribution in [3.63, 3.8) is 0 Å². The van der Waals surface area contributed by atoms with Gasteiger partial charge < -0.3 is 5.32 Å². The van der Waals surface area contributed by atoms with Crippen molar-refractivity contribution in [2.24, 2.45) is 0 Å². The van der Waals surface area contributed by atoms with Gasteiger partial charge in [0.15, 0.2) is 0 Å². The predicted octanol–water partition coefficient (Wildman–Crippen LogP) is 1.22. The molecule has 0 radical (unpaired) electrons. The maximum absolute atomic E-state index is 13.5. The fourth-order valence-corrected chi connectivity index (χ4v) is 1.84. The summed E-state index contributed by atoms with van der Waals surface area (Å²) in [5, 5.41) is 2.60. The highest BCUT2D eigenvalue weighted by molar-refractivity contribution is 7.92.